The van der Waals surface area contributed by atoms with Crippen molar-refractivity contribution < 1.29 is 22.7 Å². The number of halogens is 3. The smallest absolute Gasteiger partial charge is 0.416 e. The van der Waals surface area contributed by atoms with Crippen molar-refractivity contribution >= 4 is 5.91 Å². The molecule has 192 valence electrons. The number of amides is 1. The Hall–Kier alpha value is -4.86. The van der Waals surface area contributed by atoms with Crippen LogP contribution in [-0.4, -0.2) is 25.5 Å². The zero-order valence-corrected chi connectivity index (χ0v) is 20.0. The first-order valence-corrected chi connectivity index (χ1v) is 11.7. The van der Waals surface area contributed by atoms with Crippen molar-refractivity contribution in [3.63, 3.8) is 0 Å². The normalized spacial score (nSPS) is 11.3. The summed E-state index contributed by atoms with van der Waals surface area (Å²) in [5, 5.41) is 11.8. The Bertz CT molecular complexity index is 1530. The molecular formula is C28H22F3N5O2. The lowest BCUT2D eigenvalue weighted by atomic mass is 10.1. The predicted octanol–water partition coefficient (Wildman–Crippen LogP) is 5.72. The third kappa shape index (κ3) is 5.75. The van der Waals surface area contributed by atoms with Gasteiger partial charge in [0.1, 0.15) is 11.4 Å². The summed E-state index contributed by atoms with van der Waals surface area (Å²) in [7, 11) is 0. The number of ether oxygens (including phenoxy) is 1. The third-order valence-corrected chi connectivity index (χ3v) is 5.70. The van der Waals surface area contributed by atoms with Crippen molar-refractivity contribution in [1.82, 2.24) is 24.9 Å². The molecule has 0 radical (unpaired) electrons. The van der Waals surface area contributed by atoms with Crippen LogP contribution in [0.1, 0.15) is 21.6 Å². The van der Waals surface area contributed by atoms with Crippen LogP contribution in [-0.2, 0) is 19.5 Å². The fourth-order valence-electron chi connectivity index (χ4n) is 3.81. The van der Waals surface area contributed by atoms with Crippen LogP contribution in [0.2, 0.25) is 0 Å². The highest BCUT2D eigenvalue weighted by molar-refractivity contribution is 5.92. The van der Waals surface area contributed by atoms with Crippen LogP contribution in [0.25, 0.3) is 16.9 Å². The van der Waals surface area contributed by atoms with Crippen LogP contribution < -0.4 is 10.1 Å². The van der Waals surface area contributed by atoms with E-state index in [9.17, 15) is 18.0 Å². The Labute approximate surface area is 216 Å². The number of aromatic nitrogens is 4. The first-order chi connectivity index (χ1) is 18.4. The van der Waals surface area contributed by atoms with Crippen LogP contribution >= 0.6 is 0 Å². The molecule has 10 heteroatoms. The van der Waals surface area contributed by atoms with Gasteiger partial charge in [-0.15, -0.1) is 0 Å². The van der Waals surface area contributed by atoms with Gasteiger partial charge < -0.3 is 10.1 Å². The average Bonchev–Trinajstić information content (AvgIpc) is 3.59. The van der Waals surface area contributed by atoms with Crippen molar-refractivity contribution in [3.05, 3.63) is 120 Å². The SMILES string of the molecule is O=C(NCc1cn(-c2ccccc2)nc1-c1ccccc1)c1ccn(COc2cccc(C(F)(F)F)c2)n1. The molecule has 2 aromatic heterocycles. The summed E-state index contributed by atoms with van der Waals surface area (Å²) in [5.41, 5.74) is 2.72. The number of benzene rings is 3. The van der Waals surface area contributed by atoms with E-state index in [2.05, 4.69) is 10.4 Å². The number of nitrogens with zero attached hydrogens (tertiary/aromatic N) is 4. The standard InChI is InChI=1S/C28H22F3N5O2/c29-28(30,31)22-10-7-13-24(16-22)38-19-35-15-14-25(33-35)27(37)32-17-21-18-36(23-11-5-2-6-12-23)34-26(21)20-8-3-1-4-9-20/h1-16,18H,17,19H2,(H,32,37). The molecule has 1 amide bonds. The molecule has 1 N–H and O–H groups in total. The number of alkyl halides is 3. The molecule has 0 aliphatic carbocycles. The minimum atomic E-state index is -4.46. The van der Waals surface area contributed by atoms with Gasteiger partial charge in [-0.3, -0.25) is 4.79 Å². The van der Waals surface area contributed by atoms with Crippen molar-refractivity contribution in [3.8, 4) is 22.7 Å². The Morgan fingerprint density at radius 2 is 1.63 bits per heavy atom. The molecule has 2 heterocycles. The van der Waals surface area contributed by atoms with Gasteiger partial charge in [-0.25, -0.2) is 9.36 Å². The van der Waals surface area contributed by atoms with Crippen molar-refractivity contribution in [2.45, 2.75) is 19.5 Å². The second kappa shape index (κ2) is 10.6. The van der Waals surface area contributed by atoms with Gasteiger partial charge in [0.15, 0.2) is 6.73 Å². The fraction of sp³-hybridized carbons (Fsp3) is 0.107. The summed E-state index contributed by atoms with van der Waals surface area (Å²) >= 11 is 0. The molecular weight excluding hydrogens is 495 g/mol. The fourth-order valence-corrected chi connectivity index (χ4v) is 3.81. The first kappa shape index (κ1) is 24.8. The lowest BCUT2D eigenvalue weighted by Gasteiger charge is -2.10. The van der Waals surface area contributed by atoms with Gasteiger partial charge in [0, 0.05) is 30.1 Å². The number of nitrogens with one attached hydrogen (secondary N) is 1. The minimum Gasteiger partial charge on any atom is -0.471 e. The molecule has 5 rings (SSSR count). The summed E-state index contributed by atoms with van der Waals surface area (Å²) in [5.74, 6) is -0.362. The van der Waals surface area contributed by atoms with Crippen molar-refractivity contribution in [1.29, 1.82) is 0 Å². The number of rotatable bonds is 8. The van der Waals surface area contributed by atoms with Gasteiger partial charge >= 0.3 is 6.18 Å². The summed E-state index contributed by atoms with van der Waals surface area (Å²) in [4.78, 5) is 12.8. The van der Waals surface area contributed by atoms with E-state index in [-0.39, 0.29) is 24.7 Å². The summed E-state index contributed by atoms with van der Waals surface area (Å²) in [6.07, 6.45) is -1.07. The van der Waals surface area contributed by atoms with Gasteiger partial charge in [0.2, 0.25) is 0 Å². The molecule has 5 aromatic rings. The first-order valence-electron chi connectivity index (χ1n) is 11.7. The molecule has 0 atom stereocenters. The van der Waals surface area contributed by atoms with Crippen LogP contribution in [0.15, 0.2) is 103 Å². The molecule has 0 saturated carbocycles. The van der Waals surface area contributed by atoms with E-state index in [1.54, 1.807) is 4.68 Å². The zero-order chi connectivity index (χ0) is 26.5. The van der Waals surface area contributed by atoms with Crippen LogP contribution in [0.3, 0.4) is 0 Å². The molecule has 0 unspecified atom stereocenters. The van der Waals surface area contributed by atoms with E-state index < -0.39 is 17.6 Å². The summed E-state index contributed by atoms with van der Waals surface area (Å²) < 4.78 is 47.2. The second-order valence-corrected chi connectivity index (χ2v) is 8.37. The number of carbonyl (C=O) groups excluding carboxylic acids is 1. The summed E-state index contributed by atoms with van der Waals surface area (Å²) in [6, 6.07) is 25.4. The van der Waals surface area contributed by atoms with Crippen molar-refractivity contribution in [2.75, 3.05) is 0 Å². The number of hydrogen-bond donors (Lipinski definition) is 1. The number of carbonyl (C=O) groups is 1. The van der Waals surface area contributed by atoms with Crippen LogP contribution in [0, 0.1) is 0 Å². The van der Waals surface area contributed by atoms with E-state index in [0.29, 0.717) is 0 Å². The minimum absolute atomic E-state index is 0.0465. The Kier molecular flexibility index (Phi) is 6.94. The van der Waals surface area contributed by atoms with Gasteiger partial charge in [-0.2, -0.15) is 23.4 Å². The van der Waals surface area contributed by atoms with E-state index in [0.717, 1.165) is 34.6 Å². The molecule has 0 spiro atoms. The average molecular weight is 518 g/mol. The molecule has 3 aromatic carbocycles. The molecule has 0 aliphatic heterocycles. The van der Waals surface area contributed by atoms with E-state index in [1.807, 2.05) is 66.9 Å². The highest BCUT2D eigenvalue weighted by Gasteiger charge is 2.30. The lowest BCUT2D eigenvalue weighted by molar-refractivity contribution is -0.137. The lowest BCUT2D eigenvalue weighted by Crippen LogP contribution is -2.23. The number of hydrogen-bond acceptors (Lipinski definition) is 4. The maximum atomic E-state index is 12.9. The third-order valence-electron chi connectivity index (χ3n) is 5.70. The van der Waals surface area contributed by atoms with E-state index >= 15 is 0 Å². The van der Waals surface area contributed by atoms with Gasteiger partial charge in [-0.1, -0.05) is 54.6 Å². The van der Waals surface area contributed by atoms with Gasteiger partial charge in [-0.05, 0) is 36.4 Å². The maximum Gasteiger partial charge on any atom is 0.416 e. The van der Waals surface area contributed by atoms with Crippen LogP contribution in [0.5, 0.6) is 5.75 Å². The molecule has 38 heavy (non-hydrogen) atoms. The van der Waals surface area contributed by atoms with E-state index in [4.69, 9.17) is 9.84 Å². The Balaban J connectivity index is 1.26. The van der Waals surface area contributed by atoms with Crippen LogP contribution in [0.4, 0.5) is 13.2 Å². The number of para-hydroxylation sites is 1. The molecule has 0 saturated heterocycles. The summed E-state index contributed by atoms with van der Waals surface area (Å²) in [6.45, 7) is 0.0556. The Morgan fingerprint density at radius 1 is 0.895 bits per heavy atom. The van der Waals surface area contributed by atoms with Gasteiger partial charge in [0.05, 0.1) is 16.9 Å². The highest BCUT2D eigenvalue weighted by Crippen LogP contribution is 2.31. The highest BCUT2D eigenvalue weighted by atomic mass is 19.4. The largest absolute Gasteiger partial charge is 0.471 e. The van der Waals surface area contributed by atoms with Gasteiger partial charge in [0.25, 0.3) is 5.91 Å². The quantitative estimate of drug-likeness (QED) is 0.286. The maximum absolute atomic E-state index is 12.9. The Morgan fingerprint density at radius 3 is 2.37 bits per heavy atom. The monoisotopic (exact) mass is 517 g/mol. The molecule has 0 aliphatic rings. The topological polar surface area (TPSA) is 74.0 Å². The second-order valence-electron chi connectivity index (χ2n) is 8.37. The predicted molar refractivity (Wildman–Crippen MR) is 134 cm³/mol. The molecule has 7 nitrogen and oxygen atoms in total. The molecule has 0 bridgehead atoms. The molecule has 0 fully saturated rings. The zero-order valence-electron chi connectivity index (χ0n) is 20.0. The van der Waals surface area contributed by atoms with E-state index in [1.165, 1.54) is 29.1 Å². The van der Waals surface area contributed by atoms with Crippen molar-refractivity contribution in [2.24, 2.45) is 0 Å².